The Morgan fingerprint density at radius 1 is 0.400 bits per heavy atom. The number of benzene rings is 7. The van der Waals surface area contributed by atoms with Crippen molar-refractivity contribution in [3.63, 3.8) is 0 Å². The van der Waals surface area contributed by atoms with Gasteiger partial charge in [0.1, 0.15) is 22.3 Å². The molecule has 0 N–H and O–H groups in total. The van der Waals surface area contributed by atoms with Crippen LogP contribution in [0, 0.1) is 13.1 Å². The van der Waals surface area contributed by atoms with E-state index in [1.807, 2.05) is 36.4 Å². The van der Waals surface area contributed by atoms with Gasteiger partial charge in [-0.1, -0.05) is 48.5 Å². The molecule has 0 spiro atoms. The highest BCUT2D eigenvalue weighted by molar-refractivity contribution is 6.24. The summed E-state index contributed by atoms with van der Waals surface area (Å²) in [7, 11) is 0. The second-order valence-electron chi connectivity index (χ2n) is 12.7. The van der Waals surface area contributed by atoms with E-state index in [0.29, 0.717) is 11.4 Å². The topological polar surface area (TPSA) is 44.9 Å². The normalized spacial score (nSPS) is 12.0. The maximum absolute atomic E-state index is 7.57. The van der Waals surface area contributed by atoms with Crippen LogP contribution in [0.4, 0.5) is 11.4 Å². The van der Waals surface area contributed by atoms with Crippen molar-refractivity contribution in [3.05, 3.63) is 156 Å². The number of nitrogens with zero attached hydrogens (tertiary/aromatic N) is 4. The Morgan fingerprint density at radius 2 is 0.920 bits per heavy atom. The molecule has 11 rings (SSSR count). The minimum Gasteiger partial charge on any atom is -0.456 e. The summed E-state index contributed by atoms with van der Waals surface area (Å²) in [6, 6.07) is 45.3. The molecule has 50 heavy (non-hydrogen) atoms. The molecule has 230 valence electrons. The zero-order valence-corrected chi connectivity index (χ0v) is 26.3. The van der Waals surface area contributed by atoms with Crippen molar-refractivity contribution in [2.45, 2.75) is 0 Å². The summed E-state index contributed by atoms with van der Waals surface area (Å²) in [6.45, 7) is 15.1. The second-order valence-corrected chi connectivity index (χ2v) is 12.7. The zero-order chi connectivity index (χ0) is 33.1. The Labute approximate surface area is 283 Å². The highest BCUT2D eigenvalue weighted by Crippen LogP contribution is 2.43. The van der Waals surface area contributed by atoms with E-state index in [1.165, 1.54) is 0 Å². The van der Waals surface area contributed by atoms with E-state index >= 15 is 0 Å². The van der Waals surface area contributed by atoms with Gasteiger partial charge in [0.2, 0.25) is 0 Å². The summed E-state index contributed by atoms with van der Waals surface area (Å²) in [5.74, 6) is 0. The molecule has 0 aliphatic rings. The molecule has 7 aromatic carbocycles. The van der Waals surface area contributed by atoms with Gasteiger partial charge in [-0.25, -0.2) is 9.69 Å². The molecule has 0 fully saturated rings. The maximum Gasteiger partial charge on any atom is 0.188 e. The molecule has 0 radical (unpaired) electrons. The number of hydrogen-bond acceptors (Lipinski definition) is 2. The zero-order valence-electron chi connectivity index (χ0n) is 26.3. The predicted molar refractivity (Wildman–Crippen MR) is 202 cm³/mol. The maximum atomic E-state index is 7.57. The van der Waals surface area contributed by atoms with Gasteiger partial charge in [0.15, 0.2) is 11.4 Å². The summed E-state index contributed by atoms with van der Waals surface area (Å²) in [6.07, 6.45) is 0. The molecule has 0 saturated carbocycles. The van der Waals surface area contributed by atoms with Gasteiger partial charge >= 0.3 is 0 Å². The first-order valence-electron chi connectivity index (χ1n) is 16.3. The molecule has 4 aromatic heterocycles. The van der Waals surface area contributed by atoms with E-state index in [4.69, 9.17) is 22.0 Å². The molecular weight excluding hydrogens is 617 g/mol. The first kappa shape index (κ1) is 26.8. The number of para-hydroxylation sites is 2. The molecule has 6 nitrogen and oxygen atoms in total. The number of fused-ring (bicyclic) bond motifs is 13. The van der Waals surface area contributed by atoms with Crippen LogP contribution in [-0.2, 0) is 0 Å². The fraction of sp³-hybridized carbons (Fsp3) is 0. The summed E-state index contributed by atoms with van der Waals surface area (Å²) in [5.41, 5.74) is 10.8. The number of aromatic nitrogens is 2. The van der Waals surface area contributed by atoms with Crippen LogP contribution >= 0.6 is 0 Å². The van der Waals surface area contributed by atoms with E-state index in [9.17, 15) is 0 Å². The van der Waals surface area contributed by atoms with Gasteiger partial charge in [-0.05, 0) is 90.3 Å². The van der Waals surface area contributed by atoms with Gasteiger partial charge in [0, 0.05) is 43.7 Å². The molecule has 4 heterocycles. The average molecular weight is 639 g/mol. The summed E-state index contributed by atoms with van der Waals surface area (Å²) in [4.78, 5) is 7.33. The van der Waals surface area contributed by atoms with Crippen LogP contribution in [0.15, 0.2) is 142 Å². The summed E-state index contributed by atoms with van der Waals surface area (Å²) < 4.78 is 17.5. The second kappa shape index (κ2) is 9.64. The van der Waals surface area contributed by atoms with Crippen molar-refractivity contribution in [2.24, 2.45) is 0 Å². The Hall–Kier alpha value is -7.28. The van der Waals surface area contributed by atoms with Crippen molar-refractivity contribution in [2.75, 3.05) is 0 Å². The van der Waals surface area contributed by atoms with Crippen LogP contribution < -0.4 is 0 Å². The molecule has 0 atom stereocenters. The highest BCUT2D eigenvalue weighted by atomic mass is 16.3. The largest absolute Gasteiger partial charge is 0.456 e. The van der Waals surface area contributed by atoms with E-state index < -0.39 is 0 Å². The van der Waals surface area contributed by atoms with Crippen LogP contribution in [0.25, 0.3) is 109 Å². The average Bonchev–Trinajstić information content (AvgIpc) is 3.91. The molecule has 6 heteroatoms. The number of rotatable bonds is 2. The lowest BCUT2D eigenvalue weighted by molar-refractivity contribution is 0.668. The fourth-order valence-corrected chi connectivity index (χ4v) is 7.96. The first-order valence-corrected chi connectivity index (χ1v) is 16.3. The summed E-state index contributed by atoms with van der Waals surface area (Å²) in [5, 5.41) is 8.33. The Bertz CT molecular complexity index is 3360. The minimum atomic E-state index is 0.596. The fourth-order valence-electron chi connectivity index (χ4n) is 7.96. The molecule has 0 saturated heterocycles. The molecule has 0 aliphatic heterocycles. The van der Waals surface area contributed by atoms with Gasteiger partial charge in [0.25, 0.3) is 0 Å². The van der Waals surface area contributed by atoms with Crippen molar-refractivity contribution < 1.29 is 8.83 Å². The lowest BCUT2D eigenvalue weighted by atomic mass is 10.1. The molecule has 0 bridgehead atoms. The van der Waals surface area contributed by atoms with E-state index in [1.54, 1.807) is 6.07 Å². The quantitative estimate of drug-likeness (QED) is 0.177. The first-order chi connectivity index (χ1) is 24.7. The van der Waals surface area contributed by atoms with Crippen molar-refractivity contribution >= 4 is 98.9 Å². The van der Waals surface area contributed by atoms with Gasteiger partial charge in [-0.3, -0.25) is 0 Å². The van der Waals surface area contributed by atoms with Crippen LogP contribution in [-0.4, -0.2) is 9.13 Å². The van der Waals surface area contributed by atoms with Crippen molar-refractivity contribution in [1.29, 1.82) is 0 Å². The van der Waals surface area contributed by atoms with Gasteiger partial charge in [-0.2, -0.15) is 0 Å². The third-order valence-corrected chi connectivity index (χ3v) is 10.1. The van der Waals surface area contributed by atoms with Crippen molar-refractivity contribution in [3.8, 4) is 11.4 Å². The monoisotopic (exact) mass is 638 g/mol. The Kier molecular flexibility index (Phi) is 5.16. The van der Waals surface area contributed by atoms with Gasteiger partial charge in [0.05, 0.1) is 40.6 Å². The molecule has 0 unspecified atom stereocenters. The third kappa shape index (κ3) is 3.49. The van der Waals surface area contributed by atoms with Crippen LogP contribution in [0.3, 0.4) is 0 Å². The summed E-state index contributed by atoms with van der Waals surface area (Å²) >= 11 is 0. The van der Waals surface area contributed by atoms with Crippen molar-refractivity contribution in [1.82, 2.24) is 9.13 Å². The molecule has 0 aliphatic carbocycles. The Balaban J connectivity index is 1.16. The lowest BCUT2D eigenvalue weighted by Gasteiger charge is -2.09. The lowest BCUT2D eigenvalue weighted by Crippen LogP contribution is -1.94. The van der Waals surface area contributed by atoms with E-state index in [0.717, 1.165) is 98.9 Å². The van der Waals surface area contributed by atoms with Crippen LogP contribution in [0.1, 0.15) is 0 Å². The van der Waals surface area contributed by atoms with E-state index in [2.05, 4.69) is 110 Å². The highest BCUT2D eigenvalue weighted by Gasteiger charge is 2.20. The molecule has 11 aromatic rings. The molecular formula is C44H22N4O2. The molecule has 0 amide bonds. The third-order valence-electron chi connectivity index (χ3n) is 10.1. The van der Waals surface area contributed by atoms with Crippen LogP contribution in [0.2, 0.25) is 0 Å². The predicted octanol–water partition coefficient (Wildman–Crippen LogP) is 12.8. The SMILES string of the molecule is [C-]#[N+]c1ccc2oc3c(ccc4c3c3ccccc3n4-c3ccc4oc5ccc(-n6c7ccccc7c7cc([N+]#[C-])ccc76)cc5c4c3)c2c1. The van der Waals surface area contributed by atoms with E-state index in [-0.39, 0.29) is 0 Å². The van der Waals surface area contributed by atoms with Gasteiger partial charge < -0.3 is 18.0 Å². The standard InChI is InChI=1S/C44H22N4O2/c1-45-25-11-16-38-32(21-25)29-7-3-5-9-36(29)47(38)27-13-19-40-34(23-27)35-24-28(14-20-41(35)49-40)48-37-10-6-4-8-31(37)43-39(48)17-15-30-33-22-26(46-2)12-18-42(33)50-44(30)43/h3-24H. The van der Waals surface area contributed by atoms with Crippen LogP contribution in [0.5, 0.6) is 0 Å². The van der Waals surface area contributed by atoms with Gasteiger partial charge in [-0.15, -0.1) is 0 Å². The number of hydrogen-bond donors (Lipinski definition) is 0. The smallest absolute Gasteiger partial charge is 0.188 e. The minimum absolute atomic E-state index is 0.596. The Morgan fingerprint density at radius 3 is 1.64 bits per heavy atom. The number of furan rings is 2.